The van der Waals surface area contributed by atoms with Gasteiger partial charge in [0.05, 0.1) is 12.7 Å². The fourth-order valence-corrected chi connectivity index (χ4v) is 2.98. The third-order valence-electron chi connectivity index (χ3n) is 4.40. The van der Waals surface area contributed by atoms with Crippen molar-refractivity contribution >= 4 is 0 Å². The Morgan fingerprint density at radius 1 is 1.29 bits per heavy atom. The second-order valence-corrected chi connectivity index (χ2v) is 6.28. The Hall–Kier alpha value is -1.48. The van der Waals surface area contributed by atoms with Gasteiger partial charge in [0.2, 0.25) is 0 Å². The molecule has 1 saturated heterocycles. The summed E-state index contributed by atoms with van der Waals surface area (Å²) in [7, 11) is 0. The summed E-state index contributed by atoms with van der Waals surface area (Å²) < 4.78 is 8.10. The van der Waals surface area contributed by atoms with Crippen LogP contribution >= 0.6 is 0 Å². The van der Waals surface area contributed by atoms with E-state index >= 15 is 0 Å². The van der Waals surface area contributed by atoms with E-state index in [9.17, 15) is 19.8 Å². The predicted molar refractivity (Wildman–Crippen MR) is 88.8 cm³/mol. The molecule has 4 N–H and O–H groups in total. The molecule has 2 heterocycles. The Bertz CT molecular complexity index is 654. The molecule has 136 valence electrons. The number of hydrogen-bond acceptors (Lipinski definition) is 6. The fourth-order valence-electron chi connectivity index (χ4n) is 2.98. The van der Waals surface area contributed by atoms with E-state index in [1.807, 2.05) is 0 Å². The van der Waals surface area contributed by atoms with Crippen molar-refractivity contribution in [1.82, 2.24) is 9.13 Å². The fraction of sp³-hybridized carbons (Fsp3) is 0.750. The van der Waals surface area contributed by atoms with Gasteiger partial charge in [0.15, 0.2) is 0 Å². The zero-order valence-electron chi connectivity index (χ0n) is 14.1. The van der Waals surface area contributed by atoms with Gasteiger partial charge in [-0.25, -0.2) is 4.79 Å². The van der Waals surface area contributed by atoms with Crippen molar-refractivity contribution in [3.8, 4) is 0 Å². The van der Waals surface area contributed by atoms with Gasteiger partial charge in [-0.1, -0.05) is 12.8 Å². The first-order chi connectivity index (χ1) is 11.5. The van der Waals surface area contributed by atoms with Gasteiger partial charge in [-0.3, -0.25) is 13.9 Å². The van der Waals surface area contributed by atoms with E-state index < -0.39 is 24.1 Å². The Labute approximate surface area is 140 Å². The maximum Gasteiger partial charge on any atom is 0.333 e. The largest absolute Gasteiger partial charge is 0.394 e. The number of unbranched alkanes of at least 4 members (excludes halogenated alkanes) is 3. The highest BCUT2D eigenvalue weighted by molar-refractivity contribution is 5.04. The number of aromatic nitrogens is 2. The van der Waals surface area contributed by atoms with Gasteiger partial charge in [0.1, 0.15) is 12.3 Å². The lowest BCUT2D eigenvalue weighted by Gasteiger charge is -2.17. The molecule has 0 aliphatic carbocycles. The topological polar surface area (TPSA) is 120 Å². The number of nitrogens with two attached hydrogens (primary N) is 1. The molecule has 8 heteroatoms. The molecule has 3 atom stereocenters. The number of rotatable bonds is 8. The van der Waals surface area contributed by atoms with Crippen molar-refractivity contribution in [2.75, 3.05) is 13.2 Å². The summed E-state index contributed by atoms with van der Waals surface area (Å²) in [5, 5.41) is 19.0. The highest BCUT2D eigenvalue weighted by atomic mass is 16.5. The van der Waals surface area contributed by atoms with Gasteiger partial charge in [0, 0.05) is 24.7 Å². The molecule has 1 aliphatic rings. The van der Waals surface area contributed by atoms with Crippen LogP contribution in [0.5, 0.6) is 0 Å². The summed E-state index contributed by atoms with van der Waals surface area (Å²) in [5.74, 6) is 0. The zero-order valence-corrected chi connectivity index (χ0v) is 14.1. The van der Waals surface area contributed by atoms with Crippen LogP contribution in [0.25, 0.3) is 0 Å². The number of hydrogen-bond donors (Lipinski definition) is 3. The Morgan fingerprint density at radius 3 is 2.62 bits per heavy atom. The van der Waals surface area contributed by atoms with Gasteiger partial charge in [-0.05, 0) is 26.3 Å². The lowest BCUT2D eigenvalue weighted by atomic mass is 10.2. The molecule has 0 saturated carbocycles. The Balaban J connectivity index is 2.19. The van der Waals surface area contributed by atoms with Crippen LogP contribution in [0.15, 0.2) is 15.8 Å². The van der Waals surface area contributed by atoms with Crippen molar-refractivity contribution in [2.45, 2.75) is 64.0 Å². The number of aliphatic hydroxyl groups is 2. The zero-order chi connectivity index (χ0) is 17.7. The average molecular weight is 341 g/mol. The Morgan fingerprint density at radius 2 is 2.00 bits per heavy atom. The smallest absolute Gasteiger partial charge is 0.333 e. The lowest BCUT2D eigenvalue weighted by Crippen LogP contribution is -2.42. The van der Waals surface area contributed by atoms with Crippen molar-refractivity contribution in [2.24, 2.45) is 5.73 Å². The predicted octanol–water partition coefficient (Wildman–Crippen LogP) is -0.522. The summed E-state index contributed by atoms with van der Waals surface area (Å²) in [6, 6.07) is 0. The van der Waals surface area contributed by atoms with Crippen LogP contribution in [0, 0.1) is 6.92 Å². The van der Waals surface area contributed by atoms with E-state index in [2.05, 4.69) is 0 Å². The highest BCUT2D eigenvalue weighted by Gasteiger charge is 2.35. The normalized spacial score (nSPS) is 23.8. The minimum absolute atomic E-state index is 0.208. The van der Waals surface area contributed by atoms with E-state index in [1.165, 1.54) is 15.3 Å². The molecular weight excluding hydrogens is 314 g/mol. The number of ether oxygens (including phenoxy) is 1. The molecule has 24 heavy (non-hydrogen) atoms. The van der Waals surface area contributed by atoms with Crippen LogP contribution in [-0.2, 0) is 11.3 Å². The first-order valence-electron chi connectivity index (χ1n) is 8.46. The molecule has 1 aromatic rings. The van der Waals surface area contributed by atoms with Gasteiger partial charge in [0.25, 0.3) is 5.56 Å². The molecule has 0 aromatic carbocycles. The maximum atomic E-state index is 12.6. The molecule has 0 spiro atoms. The lowest BCUT2D eigenvalue weighted by molar-refractivity contribution is -0.0464. The van der Waals surface area contributed by atoms with E-state index in [4.69, 9.17) is 10.5 Å². The van der Waals surface area contributed by atoms with Gasteiger partial charge >= 0.3 is 5.69 Å². The molecule has 1 unspecified atom stereocenters. The summed E-state index contributed by atoms with van der Waals surface area (Å²) in [5.41, 5.74) is 5.16. The molecule has 2 rings (SSSR count). The minimum atomic E-state index is -0.830. The quantitative estimate of drug-likeness (QED) is 0.547. The molecule has 8 nitrogen and oxygen atoms in total. The van der Waals surface area contributed by atoms with Gasteiger partial charge in [-0.2, -0.15) is 0 Å². The van der Waals surface area contributed by atoms with Crippen molar-refractivity contribution in [3.63, 3.8) is 0 Å². The van der Waals surface area contributed by atoms with Crippen LogP contribution in [-0.4, -0.2) is 44.7 Å². The van der Waals surface area contributed by atoms with E-state index in [0.717, 1.165) is 25.7 Å². The molecule has 0 amide bonds. The maximum absolute atomic E-state index is 12.6. The van der Waals surface area contributed by atoms with E-state index in [-0.39, 0.29) is 18.6 Å². The molecule has 0 radical (unpaired) electrons. The summed E-state index contributed by atoms with van der Waals surface area (Å²) in [6.07, 6.45) is 3.00. The summed E-state index contributed by atoms with van der Waals surface area (Å²) in [4.78, 5) is 24.9. The molecular formula is C16H27N3O5. The molecule has 0 bridgehead atoms. The van der Waals surface area contributed by atoms with Crippen molar-refractivity contribution in [3.05, 3.63) is 32.6 Å². The van der Waals surface area contributed by atoms with Crippen LogP contribution in [0.3, 0.4) is 0 Å². The Kier molecular flexibility index (Phi) is 6.73. The third kappa shape index (κ3) is 4.13. The monoisotopic (exact) mass is 341 g/mol. The molecule has 1 fully saturated rings. The number of aliphatic hydroxyl groups excluding tert-OH is 2. The SMILES string of the molecule is Cc1cn([C@H]2CC(O)[C@@H](CO)O2)c(=O)n(CCCCCCN)c1=O. The number of nitrogens with zero attached hydrogens (tertiary/aromatic N) is 2. The van der Waals surface area contributed by atoms with Gasteiger partial charge < -0.3 is 20.7 Å². The first-order valence-corrected chi connectivity index (χ1v) is 8.46. The number of aryl methyl sites for hydroxylation is 1. The summed E-state index contributed by atoms with van der Waals surface area (Å²) in [6.45, 7) is 2.33. The summed E-state index contributed by atoms with van der Waals surface area (Å²) >= 11 is 0. The third-order valence-corrected chi connectivity index (χ3v) is 4.40. The van der Waals surface area contributed by atoms with Gasteiger partial charge in [-0.15, -0.1) is 0 Å². The van der Waals surface area contributed by atoms with Crippen LogP contribution < -0.4 is 17.0 Å². The first kappa shape index (κ1) is 18.9. The van der Waals surface area contributed by atoms with Crippen LogP contribution in [0.2, 0.25) is 0 Å². The van der Waals surface area contributed by atoms with E-state index in [0.29, 0.717) is 18.7 Å². The van der Waals surface area contributed by atoms with E-state index in [1.54, 1.807) is 6.92 Å². The standard InChI is InChI=1S/C16H27N3O5/c1-11-9-19(14-8-12(21)13(10-20)24-14)16(23)18(15(11)22)7-5-3-2-4-6-17/h9,12-14,20-21H,2-8,10,17H2,1H3/t12?,13-,14-/m1/s1. The highest BCUT2D eigenvalue weighted by Crippen LogP contribution is 2.27. The minimum Gasteiger partial charge on any atom is -0.394 e. The van der Waals surface area contributed by atoms with Crippen LogP contribution in [0.4, 0.5) is 0 Å². The molecule has 1 aromatic heterocycles. The average Bonchev–Trinajstić information content (AvgIpc) is 2.94. The second-order valence-electron chi connectivity index (χ2n) is 6.28. The van der Waals surface area contributed by atoms with Crippen LogP contribution in [0.1, 0.15) is 43.9 Å². The van der Waals surface area contributed by atoms with Crippen molar-refractivity contribution in [1.29, 1.82) is 0 Å². The van der Waals surface area contributed by atoms with Crippen molar-refractivity contribution < 1.29 is 14.9 Å². The second kappa shape index (κ2) is 8.57. The molecule has 1 aliphatic heterocycles.